The first-order chi connectivity index (χ1) is 15.8. The standard InChI is InChI=1S/C26H34N2O5/c1-19-8-9-20(16-23(19)31-4)12-15-28(2)14-7-13-26(18-27,25(29)33-6)21-10-11-22(30-3)24(17-21)32-5/h8-11,16-17H,7,12-15H2,1-6H3. The Morgan fingerprint density at radius 2 is 1.67 bits per heavy atom. The van der Waals surface area contributed by atoms with Crippen LogP contribution in [0, 0.1) is 18.3 Å². The SMILES string of the molecule is COC(=O)C(C#N)(CCCN(C)CCc1ccc(C)c(OC)c1)c1ccc(OC)c(OC)c1. The third kappa shape index (κ3) is 6.17. The van der Waals surface area contributed by atoms with E-state index in [4.69, 9.17) is 18.9 Å². The number of aryl methyl sites for hydroxylation is 1. The smallest absolute Gasteiger partial charge is 0.330 e. The van der Waals surface area contributed by atoms with Crippen LogP contribution >= 0.6 is 0 Å². The summed E-state index contributed by atoms with van der Waals surface area (Å²) in [6.45, 7) is 3.60. The van der Waals surface area contributed by atoms with Crippen molar-refractivity contribution in [2.24, 2.45) is 0 Å². The third-order valence-corrected chi connectivity index (χ3v) is 5.95. The van der Waals surface area contributed by atoms with Crippen LogP contribution in [0.1, 0.15) is 29.5 Å². The van der Waals surface area contributed by atoms with Gasteiger partial charge < -0.3 is 23.8 Å². The second-order valence-corrected chi connectivity index (χ2v) is 8.04. The molecule has 2 aromatic carbocycles. The lowest BCUT2D eigenvalue weighted by Gasteiger charge is -2.26. The lowest BCUT2D eigenvalue weighted by molar-refractivity contribution is -0.145. The number of rotatable bonds is 12. The van der Waals surface area contributed by atoms with E-state index in [-0.39, 0.29) is 0 Å². The molecule has 0 saturated heterocycles. The molecule has 1 unspecified atom stereocenters. The van der Waals surface area contributed by atoms with Gasteiger partial charge in [0.1, 0.15) is 5.75 Å². The van der Waals surface area contributed by atoms with E-state index >= 15 is 0 Å². The molecule has 2 aromatic rings. The van der Waals surface area contributed by atoms with E-state index < -0.39 is 11.4 Å². The Kier molecular flexibility index (Phi) is 9.56. The summed E-state index contributed by atoms with van der Waals surface area (Å²) in [4.78, 5) is 14.9. The average Bonchev–Trinajstić information content (AvgIpc) is 2.85. The molecular weight excluding hydrogens is 420 g/mol. The van der Waals surface area contributed by atoms with Crippen molar-refractivity contribution in [2.75, 3.05) is 48.6 Å². The number of carbonyl (C=O) groups is 1. The quantitative estimate of drug-likeness (QED) is 0.450. The predicted octanol–water partition coefficient (Wildman–Crippen LogP) is 3.91. The number of likely N-dealkylation sites (N-methyl/N-ethyl adjacent to an activating group) is 1. The molecule has 0 aliphatic rings. The second-order valence-electron chi connectivity index (χ2n) is 8.04. The Morgan fingerprint density at radius 1 is 0.970 bits per heavy atom. The number of benzene rings is 2. The van der Waals surface area contributed by atoms with Crippen LogP contribution in [0.15, 0.2) is 36.4 Å². The van der Waals surface area contributed by atoms with Crippen LogP contribution in [-0.4, -0.2) is 59.4 Å². The fraction of sp³-hybridized carbons (Fsp3) is 0.462. The van der Waals surface area contributed by atoms with Crippen molar-refractivity contribution in [3.8, 4) is 23.3 Å². The monoisotopic (exact) mass is 454 g/mol. The predicted molar refractivity (Wildman–Crippen MR) is 127 cm³/mol. The molecule has 0 aliphatic heterocycles. The van der Waals surface area contributed by atoms with Crippen molar-refractivity contribution < 1.29 is 23.7 Å². The maximum Gasteiger partial charge on any atom is 0.330 e. The summed E-state index contributed by atoms with van der Waals surface area (Å²) in [5.41, 5.74) is 1.43. The van der Waals surface area contributed by atoms with Crippen molar-refractivity contribution in [3.05, 3.63) is 53.1 Å². The van der Waals surface area contributed by atoms with Crippen LogP contribution in [-0.2, 0) is 21.4 Å². The van der Waals surface area contributed by atoms with Gasteiger partial charge in [0.2, 0.25) is 0 Å². The number of esters is 1. The molecular formula is C26H34N2O5. The fourth-order valence-corrected chi connectivity index (χ4v) is 3.87. The molecule has 0 fully saturated rings. The summed E-state index contributed by atoms with van der Waals surface area (Å²) in [6.07, 6.45) is 1.85. The largest absolute Gasteiger partial charge is 0.496 e. The Bertz CT molecular complexity index is 985. The molecule has 0 bridgehead atoms. The number of carbonyl (C=O) groups excluding carboxylic acids is 1. The molecule has 0 heterocycles. The Hall–Kier alpha value is -3.24. The van der Waals surface area contributed by atoms with Crippen LogP contribution in [0.4, 0.5) is 0 Å². The van der Waals surface area contributed by atoms with Crippen molar-refractivity contribution in [1.82, 2.24) is 4.90 Å². The molecule has 0 aromatic heterocycles. The van der Waals surface area contributed by atoms with Gasteiger partial charge in [0.25, 0.3) is 0 Å². The van der Waals surface area contributed by atoms with Gasteiger partial charge in [-0.25, -0.2) is 4.79 Å². The van der Waals surface area contributed by atoms with E-state index in [2.05, 4.69) is 29.2 Å². The lowest BCUT2D eigenvalue weighted by atomic mass is 9.77. The van der Waals surface area contributed by atoms with Crippen molar-refractivity contribution in [3.63, 3.8) is 0 Å². The van der Waals surface area contributed by atoms with E-state index in [1.165, 1.54) is 26.9 Å². The molecule has 7 nitrogen and oxygen atoms in total. The van der Waals surface area contributed by atoms with E-state index in [0.717, 1.165) is 30.8 Å². The van der Waals surface area contributed by atoms with Gasteiger partial charge in [-0.2, -0.15) is 5.26 Å². The van der Waals surface area contributed by atoms with Crippen LogP contribution in [0.3, 0.4) is 0 Å². The van der Waals surface area contributed by atoms with Gasteiger partial charge in [-0.1, -0.05) is 18.2 Å². The summed E-state index contributed by atoms with van der Waals surface area (Å²) >= 11 is 0. The number of ether oxygens (including phenoxy) is 4. The minimum atomic E-state index is -1.42. The summed E-state index contributed by atoms with van der Waals surface area (Å²) in [6, 6.07) is 13.6. The molecule has 33 heavy (non-hydrogen) atoms. The van der Waals surface area contributed by atoms with E-state index in [1.807, 2.05) is 14.0 Å². The Balaban J connectivity index is 2.08. The highest BCUT2D eigenvalue weighted by molar-refractivity contribution is 5.87. The maximum atomic E-state index is 12.8. The first kappa shape index (κ1) is 26.0. The fourth-order valence-electron chi connectivity index (χ4n) is 3.87. The van der Waals surface area contributed by atoms with Crippen LogP contribution in [0.5, 0.6) is 17.2 Å². The van der Waals surface area contributed by atoms with Crippen LogP contribution < -0.4 is 14.2 Å². The molecule has 1 atom stereocenters. The van der Waals surface area contributed by atoms with Gasteiger partial charge in [-0.05, 0) is 74.7 Å². The minimum absolute atomic E-state index is 0.328. The zero-order chi connectivity index (χ0) is 24.4. The van der Waals surface area contributed by atoms with Gasteiger partial charge in [-0.3, -0.25) is 0 Å². The van der Waals surface area contributed by atoms with Gasteiger partial charge in [-0.15, -0.1) is 0 Å². The van der Waals surface area contributed by atoms with Gasteiger partial charge in [0, 0.05) is 6.54 Å². The maximum absolute atomic E-state index is 12.8. The zero-order valence-corrected chi connectivity index (χ0v) is 20.4. The first-order valence-electron chi connectivity index (χ1n) is 10.9. The van der Waals surface area contributed by atoms with Crippen molar-refractivity contribution >= 4 is 5.97 Å². The molecule has 0 N–H and O–H groups in total. The van der Waals surface area contributed by atoms with E-state index in [1.54, 1.807) is 25.3 Å². The summed E-state index contributed by atoms with van der Waals surface area (Å²) in [5.74, 6) is 1.31. The normalized spacial score (nSPS) is 12.5. The van der Waals surface area contributed by atoms with Crippen molar-refractivity contribution in [2.45, 2.75) is 31.6 Å². The molecule has 0 spiro atoms. The van der Waals surface area contributed by atoms with E-state index in [9.17, 15) is 10.1 Å². The molecule has 0 amide bonds. The minimum Gasteiger partial charge on any atom is -0.496 e. The Morgan fingerprint density at radius 3 is 2.27 bits per heavy atom. The molecule has 0 saturated carbocycles. The highest BCUT2D eigenvalue weighted by atomic mass is 16.5. The van der Waals surface area contributed by atoms with Gasteiger partial charge in [0.15, 0.2) is 16.9 Å². The Labute approximate surface area is 196 Å². The highest BCUT2D eigenvalue weighted by Gasteiger charge is 2.42. The summed E-state index contributed by atoms with van der Waals surface area (Å²) in [7, 11) is 8.08. The molecule has 178 valence electrons. The molecule has 2 rings (SSSR count). The molecule has 7 heteroatoms. The number of methoxy groups -OCH3 is 4. The second kappa shape index (κ2) is 12.1. The number of hydrogen-bond donors (Lipinski definition) is 0. The lowest BCUT2D eigenvalue weighted by Crippen LogP contribution is -2.36. The van der Waals surface area contributed by atoms with Gasteiger partial charge in [0.05, 0.1) is 34.5 Å². The van der Waals surface area contributed by atoms with Gasteiger partial charge >= 0.3 is 5.97 Å². The summed E-state index contributed by atoms with van der Waals surface area (Å²) < 4.78 is 21.1. The molecule has 0 radical (unpaired) electrons. The van der Waals surface area contributed by atoms with E-state index in [0.29, 0.717) is 29.9 Å². The van der Waals surface area contributed by atoms with Crippen molar-refractivity contribution in [1.29, 1.82) is 5.26 Å². The molecule has 0 aliphatic carbocycles. The van der Waals surface area contributed by atoms with Crippen LogP contribution in [0.25, 0.3) is 0 Å². The number of nitriles is 1. The zero-order valence-electron chi connectivity index (χ0n) is 20.4. The van der Waals surface area contributed by atoms with Crippen LogP contribution in [0.2, 0.25) is 0 Å². The third-order valence-electron chi connectivity index (χ3n) is 5.95. The first-order valence-corrected chi connectivity index (χ1v) is 10.9. The topological polar surface area (TPSA) is 81.0 Å². The average molecular weight is 455 g/mol. The highest BCUT2D eigenvalue weighted by Crippen LogP contribution is 2.36. The number of hydrogen-bond acceptors (Lipinski definition) is 7. The summed E-state index contributed by atoms with van der Waals surface area (Å²) in [5, 5.41) is 10.1. The number of nitrogens with zero attached hydrogens (tertiary/aromatic N) is 2.